The summed E-state index contributed by atoms with van der Waals surface area (Å²) in [4.78, 5) is 0. The molecule has 27 heavy (non-hydrogen) atoms. The quantitative estimate of drug-likeness (QED) is 0.151. The van der Waals surface area contributed by atoms with Gasteiger partial charge in [0.15, 0.2) is 0 Å². The third-order valence-corrected chi connectivity index (χ3v) is 5.74. The molecule has 0 aromatic heterocycles. The summed E-state index contributed by atoms with van der Waals surface area (Å²) >= 11 is 0. The van der Waals surface area contributed by atoms with E-state index in [0.29, 0.717) is 6.61 Å². The second-order valence-corrected chi connectivity index (χ2v) is 9.81. The molecule has 0 aliphatic carbocycles. The first-order valence-corrected chi connectivity index (χ1v) is 12.5. The largest absolute Gasteiger partial charge is 0.396 e. The van der Waals surface area contributed by atoms with E-state index in [9.17, 15) is 0 Å². The number of aliphatic hydroxyl groups is 1. The predicted octanol–water partition coefficient (Wildman–Crippen LogP) is 7.49. The number of unbranched alkanes of at least 4 members (excludes halogenated alkanes) is 19. The summed E-state index contributed by atoms with van der Waals surface area (Å²) < 4.78 is 1.12. The number of quaternary nitrogens is 1. The third-order valence-electron chi connectivity index (χ3n) is 5.74. The summed E-state index contributed by atoms with van der Waals surface area (Å²) in [6, 6.07) is 0. The van der Waals surface area contributed by atoms with Crippen molar-refractivity contribution >= 4 is 0 Å². The Kier molecular flexibility index (Phi) is 20.6. The molecule has 2 heteroatoms. The van der Waals surface area contributed by atoms with E-state index in [1.807, 2.05) is 0 Å². The van der Waals surface area contributed by atoms with E-state index in [1.54, 1.807) is 0 Å². The molecule has 0 rings (SSSR count). The molecule has 0 fully saturated rings. The molecule has 0 radical (unpaired) electrons. The van der Waals surface area contributed by atoms with Crippen LogP contribution in [0.25, 0.3) is 0 Å². The van der Waals surface area contributed by atoms with Gasteiger partial charge in [0.25, 0.3) is 0 Å². The Morgan fingerprint density at radius 1 is 0.370 bits per heavy atom. The summed E-state index contributed by atoms with van der Waals surface area (Å²) in [5.41, 5.74) is 0. The van der Waals surface area contributed by atoms with Crippen molar-refractivity contribution in [3.63, 3.8) is 0 Å². The maximum atomic E-state index is 8.74. The second kappa shape index (κ2) is 20.6. The molecule has 164 valence electrons. The van der Waals surface area contributed by atoms with Crippen LogP contribution in [0.2, 0.25) is 0 Å². The van der Waals surface area contributed by atoms with Gasteiger partial charge in [0.2, 0.25) is 0 Å². The molecule has 0 saturated carbocycles. The van der Waals surface area contributed by atoms with Crippen molar-refractivity contribution < 1.29 is 9.59 Å². The van der Waals surface area contributed by atoms with Crippen LogP contribution in [0.3, 0.4) is 0 Å². The maximum absolute atomic E-state index is 8.74. The smallest absolute Gasteiger partial charge is 0.0780 e. The number of nitrogens with zero attached hydrogens (tertiary/aromatic N) is 1. The Hall–Kier alpha value is -0.0800. The molecule has 0 aromatic rings. The van der Waals surface area contributed by atoms with Gasteiger partial charge in [-0.05, 0) is 19.3 Å². The minimum absolute atomic E-state index is 0.372. The first-order chi connectivity index (χ1) is 13.1. The number of hydrogen-bond donors (Lipinski definition) is 1. The van der Waals surface area contributed by atoms with Crippen LogP contribution in [0, 0.1) is 0 Å². The number of aliphatic hydroxyl groups excluding tert-OH is 1. The van der Waals surface area contributed by atoms with Crippen LogP contribution in [0.4, 0.5) is 0 Å². The molecule has 0 unspecified atom stereocenters. The lowest BCUT2D eigenvalue weighted by molar-refractivity contribution is -0.870. The van der Waals surface area contributed by atoms with Crippen LogP contribution < -0.4 is 0 Å². The van der Waals surface area contributed by atoms with Crippen LogP contribution in [0.1, 0.15) is 128 Å². The summed E-state index contributed by atoms with van der Waals surface area (Å²) in [6.07, 6.45) is 28.1. The molecule has 0 aliphatic heterocycles. The molecular weight excluding hydrogens is 330 g/mol. The Bertz CT molecular complexity index is 272. The standard InChI is InChI=1S/C25H54NO/c1-26(2,3)24-22-20-18-16-14-12-10-8-6-4-5-7-9-11-13-15-17-19-21-23-25-27/h27H,4-25H2,1-3H3/q+1. The van der Waals surface area contributed by atoms with Gasteiger partial charge in [0, 0.05) is 6.61 Å². The van der Waals surface area contributed by atoms with E-state index in [2.05, 4.69) is 21.1 Å². The molecule has 0 aromatic carbocycles. The van der Waals surface area contributed by atoms with E-state index >= 15 is 0 Å². The van der Waals surface area contributed by atoms with Gasteiger partial charge in [-0.3, -0.25) is 0 Å². The maximum Gasteiger partial charge on any atom is 0.0780 e. The minimum atomic E-state index is 0.372. The highest BCUT2D eigenvalue weighted by atomic mass is 16.2. The average molecular weight is 385 g/mol. The minimum Gasteiger partial charge on any atom is -0.396 e. The van der Waals surface area contributed by atoms with Gasteiger partial charge >= 0.3 is 0 Å². The zero-order chi connectivity index (χ0) is 20.1. The van der Waals surface area contributed by atoms with E-state index in [0.717, 1.165) is 10.9 Å². The van der Waals surface area contributed by atoms with Gasteiger partial charge in [-0.2, -0.15) is 0 Å². The van der Waals surface area contributed by atoms with Crippen molar-refractivity contribution in [1.82, 2.24) is 0 Å². The van der Waals surface area contributed by atoms with Gasteiger partial charge in [-0.25, -0.2) is 0 Å². The number of rotatable bonds is 22. The summed E-state index contributed by atoms with van der Waals surface area (Å²) in [5, 5.41) is 8.74. The molecule has 0 heterocycles. The highest BCUT2D eigenvalue weighted by Gasteiger charge is 2.04. The molecule has 1 N–H and O–H groups in total. The zero-order valence-corrected chi connectivity index (χ0v) is 19.5. The van der Waals surface area contributed by atoms with Crippen LogP contribution in [-0.2, 0) is 0 Å². The van der Waals surface area contributed by atoms with Crippen molar-refractivity contribution in [3.05, 3.63) is 0 Å². The van der Waals surface area contributed by atoms with E-state index in [-0.39, 0.29) is 0 Å². The van der Waals surface area contributed by atoms with Gasteiger partial charge in [-0.15, -0.1) is 0 Å². The summed E-state index contributed by atoms with van der Waals surface area (Å²) in [6.45, 7) is 1.70. The first-order valence-electron chi connectivity index (χ1n) is 12.5. The van der Waals surface area contributed by atoms with Crippen molar-refractivity contribution in [2.45, 2.75) is 128 Å². The van der Waals surface area contributed by atoms with Crippen LogP contribution in [0.15, 0.2) is 0 Å². The highest BCUT2D eigenvalue weighted by molar-refractivity contribution is 4.51. The lowest BCUT2D eigenvalue weighted by Crippen LogP contribution is -2.35. The Balaban J connectivity index is 3.01. The van der Waals surface area contributed by atoms with Gasteiger partial charge in [-0.1, -0.05) is 109 Å². The van der Waals surface area contributed by atoms with E-state index < -0.39 is 0 Å². The zero-order valence-electron chi connectivity index (χ0n) is 19.5. The van der Waals surface area contributed by atoms with Crippen molar-refractivity contribution in [2.75, 3.05) is 34.3 Å². The fraction of sp³-hybridized carbons (Fsp3) is 1.00. The molecule has 0 bridgehead atoms. The monoisotopic (exact) mass is 384 g/mol. The first kappa shape index (κ1) is 26.9. The number of hydrogen-bond acceptors (Lipinski definition) is 1. The second-order valence-electron chi connectivity index (χ2n) is 9.81. The highest BCUT2D eigenvalue weighted by Crippen LogP contribution is 2.15. The molecule has 0 atom stereocenters. The Morgan fingerprint density at radius 2 is 0.593 bits per heavy atom. The van der Waals surface area contributed by atoms with E-state index in [4.69, 9.17) is 5.11 Å². The van der Waals surface area contributed by atoms with Crippen molar-refractivity contribution in [2.24, 2.45) is 0 Å². The molecule has 2 nitrogen and oxygen atoms in total. The Morgan fingerprint density at radius 3 is 0.815 bits per heavy atom. The van der Waals surface area contributed by atoms with Crippen molar-refractivity contribution in [3.8, 4) is 0 Å². The van der Waals surface area contributed by atoms with Gasteiger partial charge in [0.05, 0.1) is 27.7 Å². The molecule has 0 saturated heterocycles. The third kappa shape index (κ3) is 25.9. The lowest BCUT2D eigenvalue weighted by Gasteiger charge is -2.23. The fourth-order valence-electron chi connectivity index (χ4n) is 3.88. The predicted molar refractivity (Wildman–Crippen MR) is 122 cm³/mol. The van der Waals surface area contributed by atoms with Crippen LogP contribution >= 0.6 is 0 Å². The SMILES string of the molecule is C[N+](C)(C)CCCCCCCCCCCCCCCCCCCCCCO. The summed E-state index contributed by atoms with van der Waals surface area (Å²) in [7, 11) is 6.89. The molecular formula is C25H54NO+. The van der Waals surface area contributed by atoms with Crippen molar-refractivity contribution in [1.29, 1.82) is 0 Å². The Labute approximate surface area is 172 Å². The van der Waals surface area contributed by atoms with E-state index in [1.165, 1.54) is 129 Å². The fourth-order valence-corrected chi connectivity index (χ4v) is 3.88. The molecule has 0 aliphatic rings. The van der Waals surface area contributed by atoms with Gasteiger partial charge < -0.3 is 9.59 Å². The van der Waals surface area contributed by atoms with Crippen LogP contribution in [0.5, 0.6) is 0 Å². The summed E-state index contributed by atoms with van der Waals surface area (Å²) in [5.74, 6) is 0. The van der Waals surface area contributed by atoms with Crippen LogP contribution in [-0.4, -0.2) is 43.9 Å². The topological polar surface area (TPSA) is 20.2 Å². The molecule has 0 spiro atoms. The average Bonchev–Trinajstić information content (AvgIpc) is 2.62. The van der Waals surface area contributed by atoms with Gasteiger partial charge in [0.1, 0.15) is 0 Å². The molecule has 0 amide bonds. The lowest BCUT2D eigenvalue weighted by atomic mass is 10.0. The normalized spacial score (nSPS) is 12.0.